The highest BCUT2D eigenvalue weighted by Gasteiger charge is 2.16. The molecule has 0 amide bonds. The second-order valence-electron chi connectivity index (χ2n) is 2.93. The zero-order chi connectivity index (χ0) is 10.1. The first-order valence-electron chi connectivity index (χ1n) is 4.04. The second-order valence-corrected chi connectivity index (χ2v) is 4.03. The zero-order valence-electron chi connectivity index (χ0n) is 7.58. The minimum atomic E-state index is -0.697. The van der Waals surface area contributed by atoms with Crippen molar-refractivity contribution in [2.75, 3.05) is 5.73 Å². The van der Waals surface area contributed by atoms with E-state index in [9.17, 15) is 5.11 Å². The van der Waals surface area contributed by atoms with Crippen molar-refractivity contribution in [2.45, 2.75) is 6.10 Å². The largest absolute Gasteiger partial charge is 0.381 e. The first-order valence-corrected chi connectivity index (χ1v) is 4.85. The fourth-order valence-electron chi connectivity index (χ4n) is 1.20. The molecule has 1 atom stereocenters. The van der Waals surface area contributed by atoms with Gasteiger partial charge < -0.3 is 15.4 Å². The molecule has 2 aromatic heterocycles. The Labute approximate surface area is 84.9 Å². The van der Waals surface area contributed by atoms with Gasteiger partial charge >= 0.3 is 0 Å². The highest BCUT2D eigenvalue weighted by molar-refractivity contribution is 7.15. The van der Waals surface area contributed by atoms with E-state index in [-0.39, 0.29) is 0 Å². The number of aliphatic hydroxyl groups excluding tert-OH is 1. The zero-order valence-corrected chi connectivity index (χ0v) is 8.40. The quantitative estimate of drug-likeness (QED) is 0.758. The summed E-state index contributed by atoms with van der Waals surface area (Å²) in [6.07, 6.45) is 4.15. The highest BCUT2D eigenvalue weighted by atomic mass is 32.1. The van der Waals surface area contributed by atoms with Gasteiger partial charge in [0.15, 0.2) is 5.13 Å². The van der Waals surface area contributed by atoms with Crippen LogP contribution in [-0.2, 0) is 7.05 Å². The number of nitrogens with two attached hydrogens (primary N) is 1. The third-order valence-corrected chi connectivity index (χ3v) is 2.82. The van der Waals surface area contributed by atoms with E-state index in [1.165, 1.54) is 11.3 Å². The van der Waals surface area contributed by atoms with E-state index in [4.69, 9.17) is 5.73 Å². The number of hydrogen-bond donors (Lipinski definition) is 2. The van der Waals surface area contributed by atoms with Crippen LogP contribution in [0.1, 0.15) is 16.7 Å². The summed E-state index contributed by atoms with van der Waals surface area (Å²) in [4.78, 5) is 8.54. The summed E-state index contributed by atoms with van der Waals surface area (Å²) in [6.45, 7) is 0. The summed E-state index contributed by atoms with van der Waals surface area (Å²) in [7, 11) is 1.83. The van der Waals surface area contributed by atoms with Crippen molar-refractivity contribution < 1.29 is 5.11 Å². The predicted molar refractivity (Wildman–Crippen MR) is 53.8 cm³/mol. The van der Waals surface area contributed by atoms with Gasteiger partial charge in [0, 0.05) is 13.2 Å². The van der Waals surface area contributed by atoms with Crippen LogP contribution in [0.25, 0.3) is 0 Å². The van der Waals surface area contributed by atoms with E-state index < -0.39 is 6.10 Å². The van der Waals surface area contributed by atoms with Crippen LogP contribution in [0.3, 0.4) is 0 Å². The lowest BCUT2D eigenvalue weighted by molar-refractivity contribution is 0.215. The number of hydrogen-bond acceptors (Lipinski definition) is 5. The molecule has 0 spiro atoms. The van der Waals surface area contributed by atoms with Gasteiger partial charge in [-0.2, -0.15) is 0 Å². The first kappa shape index (κ1) is 9.17. The van der Waals surface area contributed by atoms with Gasteiger partial charge in [-0.3, -0.25) is 0 Å². The molecule has 0 aliphatic heterocycles. The Kier molecular flexibility index (Phi) is 2.22. The van der Waals surface area contributed by atoms with Crippen LogP contribution in [0.5, 0.6) is 0 Å². The summed E-state index contributed by atoms with van der Waals surface area (Å²) in [5.41, 5.74) is 6.21. The van der Waals surface area contributed by atoms with Crippen LogP contribution >= 0.6 is 11.3 Å². The summed E-state index contributed by atoms with van der Waals surface area (Å²) < 4.78 is 1.76. The van der Waals surface area contributed by atoms with E-state index in [0.717, 1.165) is 10.6 Å². The molecule has 1 unspecified atom stereocenters. The third kappa shape index (κ3) is 1.49. The highest BCUT2D eigenvalue weighted by Crippen LogP contribution is 2.26. The molecule has 2 rings (SSSR count). The molecule has 0 bridgehead atoms. The average molecular weight is 210 g/mol. The summed E-state index contributed by atoms with van der Waals surface area (Å²) >= 11 is 1.28. The van der Waals surface area contributed by atoms with Gasteiger partial charge in [-0.1, -0.05) is 11.3 Å². The molecule has 0 aliphatic rings. The molecule has 0 aromatic carbocycles. The number of aliphatic hydroxyl groups is 1. The molecule has 0 saturated carbocycles. The lowest BCUT2D eigenvalue weighted by Gasteiger charge is -2.07. The van der Waals surface area contributed by atoms with Crippen LogP contribution in [0, 0.1) is 0 Å². The Bertz CT molecular complexity index is 436. The van der Waals surface area contributed by atoms with Crippen molar-refractivity contribution in [3.63, 3.8) is 0 Å². The molecule has 0 aliphatic carbocycles. The van der Waals surface area contributed by atoms with Crippen molar-refractivity contribution in [2.24, 2.45) is 7.05 Å². The van der Waals surface area contributed by atoms with Crippen LogP contribution in [0.2, 0.25) is 0 Å². The molecule has 0 fully saturated rings. The SMILES string of the molecule is Cn1cncc1C(O)c1cnc(N)s1. The van der Waals surface area contributed by atoms with E-state index in [1.54, 1.807) is 23.3 Å². The predicted octanol–water partition coefficient (Wildman–Crippen LogP) is 0.540. The topological polar surface area (TPSA) is 77.0 Å². The summed E-state index contributed by atoms with van der Waals surface area (Å²) in [5.74, 6) is 0. The van der Waals surface area contributed by atoms with Gasteiger partial charge in [-0.15, -0.1) is 0 Å². The Morgan fingerprint density at radius 3 is 2.86 bits per heavy atom. The van der Waals surface area contributed by atoms with E-state index in [1.807, 2.05) is 7.05 Å². The fourth-order valence-corrected chi connectivity index (χ4v) is 1.89. The second kappa shape index (κ2) is 3.39. The molecular weight excluding hydrogens is 200 g/mol. The smallest absolute Gasteiger partial charge is 0.180 e. The van der Waals surface area contributed by atoms with Crippen LogP contribution in [0.15, 0.2) is 18.7 Å². The van der Waals surface area contributed by atoms with Gasteiger partial charge in [-0.05, 0) is 0 Å². The van der Waals surface area contributed by atoms with Crippen molar-refractivity contribution >= 4 is 16.5 Å². The number of nitrogen functional groups attached to an aromatic ring is 1. The van der Waals surface area contributed by atoms with Gasteiger partial charge in [-0.25, -0.2) is 9.97 Å². The molecule has 6 heteroatoms. The molecule has 2 heterocycles. The van der Waals surface area contributed by atoms with Crippen molar-refractivity contribution in [1.82, 2.24) is 14.5 Å². The number of anilines is 1. The Hall–Kier alpha value is -1.40. The molecule has 14 heavy (non-hydrogen) atoms. The Morgan fingerprint density at radius 2 is 2.36 bits per heavy atom. The average Bonchev–Trinajstić information content (AvgIpc) is 2.73. The van der Waals surface area contributed by atoms with E-state index in [0.29, 0.717) is 5.13 Å². The number of aryl methyl sites for hydroxylation is 1. The lowest BCUT2D eigenvalue weighted by atomic mass is 10.2. The third-order valence-electron chi connectivity index (χ3n) is 1.95. The number of imidazole rings is 1. The monoisotopic (exact) mass is 210 g/mol. The van der Waals surface area contributed by atoms with Crippen molar-refractivity contribution in [3.8, 4) is 0 Å². The van der Waals surface area contributed by atoms with Gasteiger partial charge in [0.2, 0.25) is 0 Å². The molecule has 2 aromatic rings. The summed E-state index contributed by atoms with van der Waals surface area (Å²) in [5, 5.41) is 10.4. The van der Waals surface area contributed by atoms with Crippen LogP contribution in [-0.4, -0.2) is 19.6 Å². The van der Waals surface area contributed by atoms with Crippen LogP contribution < -0.4 is 5.73 Å². The maximum absolute atomic E-state index is 9.93. The molecule has 74 valence electrons. The first-order chi connectivity index (χ1) is 6.68. The minimum absolute atomic E-state index is 0.459. The molecular formula is C8H10N4OS. The Balaban J connectivity index is 2.33. The minimum Gasteiger partial charge on any atom is -0.381 e. The maximum atomic E-state index is 9.93. The van der Waals surface area contributed by atoms with Gasteiger partial charge in [0.05, 0.1) is 23.1 Å². The fraction of sp³-hybridized carbons (Fsp3) is 0.250. The maximum Gasteiger partial charge on any atom is 0.180 e. The lowest BCUT2D eigenvalue weighted by Crippen LogP contribution is -2.03. The number of aromatic nitrogens is 3. The number of thiazole rings is 1. The molecule has 3 N–H and O–H groups in total. The van der Waals surface area contributed by atoms with Crippen molar-refractivity contribution in [1.29, 1.82) is 0 Å². The molecule has 0 radical (unpaired) electrons. The van der Waals surface area contributed by atoms with Gasteiger partial charge in [0.25, 0.3) is 0 Å². The van der Waals surface area contributed by atoms with Crippen molar-refractivity contribution in [3.05, 3.63) is 29.3 Å². The van der Waals surface area contributed by atoms with Gasteiger partial charge in [0.1, 0.15) is 6.10 Å². The summed E-state index contributed by atoms with van der Waals surface area (Å²) in [6, 6.07) is 0. The normalized spacial score (nSPS) is 13.0. The van der Waals surface area contributed by atoms with Crippen LogP contribution in [0.4, 0.5) is 5.13 Å². The molecule has 0 saturated heterocycles. The van der Waals surface area contributed by atoms with E-state index >= 15 is 0 Å². The standard InChI is InChI=1S/C8H10N4OS/c1-12-4-10-2-5(12)7(13)6-3-11-8(9)14-6/h2-4,7,13H,1H3,(H2,9,11). The van der Waals surface area contributed by atoms with E-state index in [2.05, 4.69) is 9.97 Å². The number of nitrogens with zero attached hydrogens (tertiary/aromatic N) is 3. The number of rotatable bonds is 2. The molecule has 5 nitrogen and oxygen atoms in total. The Morgan fingerprint density at radius 1 is 1.57 bits per heavy atom.